The normalized spacial score (nSPS) is 12.6. The summed E-state index contributed by atoms with van der Waals surface area (Å²) in [5, 5.41) is 0. The number of hydrogen-bond donors (Lipinski definition) is 3. The predicted octanol–water partition coefficient (Wildman–Crippen LogP) is -0.719. The van der Waals surface area contributed by atoms with E-state index < -0.39 is 20.0 Å². The number of aryl methyl sites for hydroxylation is 1. The molecule has 1 rings (SSSR count). The van der Waals surface area contributed by atoms with Crippen molar-refractivity contribution in [3.63, 3.8) is 0 Å². The first-order valence-electron chi connectivity index (χ1n) is 5.89. The minimum absolute atomic E-state index is 0.00199. The van der Waals surface area contributed by atoms with Gasteiger partial charge < -0.3 is 5.73 Å². The van der Waals surface area contributed by atoms with Gasteiger partial charge in [0.05, 0.1) is 11.2 Å². The number of hydrogen-bond acceptors (Lipinski definition) is 5. The van der Waals surface area contributed by atoms with Crippen LogP contribution in [0.1, 0.15) is 11.1 Å². The molecule has 1 aromatic carbocycles. The fourth-order valence-corrected chi connectivity index (χ4v) is 3.37. The first kappa shape index (κ1) is 17.1. The average molecular weight is 321 g/mol. The zero-order chi connectivity index (χ0) is 15.4. The molecule has 0 spiro atoms. The van der Waals surface area contributed by atoms with E-state index in [-0.39, 0.29) is 18.0 Å². The highest BCUT2D eigenvalue weighted by molar-refractivity contribution is 7.89. The molecule has 0 heterocycles. The molecule has 0 saturated carbocycles. The topological polar surface area (TPSA) is 118 Å². The smallest absolute Gasteiger partial charge is 0.240 e. The maximum Gasteiger partial charge on any atom is 0.240 e. The molecule has 4 N–H and O–H groups in total. The van der Waals surface area contributed by atoms with Gasteiger partial charge in [0.1, 0.15) is 0 Å². The van der Waals surface area contributed by atoms with E-state index in [9.17, 15) is 16.8 Å². The van der Waals surface area contributed by atoms with Crippen molar-refractivity contribution < 1.29 is 16.8 Å². The summed E-state index contributed by atoms with van der Waals surface area (Å²) in [5.41, 5.74) is 6.93. The maximum absolute atomic E-state index is 12.1. The van der Waals surface area contributed by atoms with E-state index >= 15 is 0 Å². The predicted molar refractivity (Wildman–Crippen MR) is 77.1 cm³/mol. The van der Waals surface area contributed by atoms with E-state index in [1.807, 2.05) is 0 Å². The van der Waals surface area contributed by atoms with Crippen molar-refractivity contribution in [3.05, 3.63) is 29.3 Å². The van der Waals surface area contributed by atoms with Crippen molar-refractivity contribution >= 4 is 20.0 Å². The first-order chi connectivity index (χ1) is 9.15. The summed E-state index contributed by atoms with van der Waals surface area (Å²) >= 11 is 0. The molecule has 0 fully saturated rings. The molecule has 0 atom stereocenters. The number of rotatable bonds is 7. The number of nitrogens with one attached hydrogen (secondary N) is 2. The summed E-state index contributed by atoms with van der Waals surface area (Å²) in [6, 6.07) is 4.85. The second-order valence-electron chi connectivity index (χ2n) is 4.37. The molecular formula is C11H19N3O4S2. The van der Waals surface area contributed by atoms with Gasteiger partial charge in [0, 0.05) is 19.6 Å². The molecule has 114 valence electrons. The summed E-state index contributed by atoms with van der Waals surface area (Å²) in [6.45, 7) is 2.00. The molecule has 20 heavy (non-hydrogen) atoms. The molecule has 1 aromatic rings. The Balaban J connectivity index is 2.74. The van der Waals surface area contributed by atoms with Crippen LogP contribution in [0.25, 0.3) is 0 Å². The largest absolute Gasteiger partial charge is 0.326 e. The van der Waals surface area contributed by atoms with E-state index in [1.54, 1.807) is 19.1 Å². The van der Waals surface area contributed by atoms with Crippen molar-refractivity contribution in [3.8, 4) is 0 Å². The Hall–Kier alpha value is -1.00. The Kier molecular flexibility index (Phi) is 5.66. The summed E-state index contributed by atoms with van der Waals surface area (Å²) in [6.07, 6.45) is 1.01. The number of sulfonamides is 2. The van der Waals surface area contributed by atoms with Crippen LogP contribution < -0.4 is 15.2 Å². The minimum Gasteiger partial charge on any atom is -0.326 e. The second-order valence-corrected chi connectivity index (χ2v) is 7.94. The molecule has 0 bridgehead atoms. The summed E-state index contributed by atoms with van der Waals surface area (Å²) in [7, 11) is -6.98. The molecule has 0 aliphatic heterocycles. The Morgan fingerprint density at radius 2 is 1.70 bits per heavy atom. The molecule has 9 heteroatoms. The van der Waals surface area contributed by atoms with Crippen LogP contribution in [0.5, 0.6) is 0 Å². The molecule has 0 aliphatic carbocycles. The lowest BCUT2D eigenvalue weighted by atomic mass is 10.1. The zero-order valence-electron chi connectivity index (χ0n) is 11.4. The van der Waals surface area contributed by atoms with E-state index in [2.05, 4.69) is 9.44 Å². The lowest BCUT2D eigenvalue weighted by molar-refractivity contribution is 0.573. The summed E-state index contributed by atoms with van der Waals surface area (Å²) in [4.78, 5) is 0.161. The quantitative estimate of drug-likeness (QED) is 0.573. The van der Waals surface area contributed by atoms with E-state index in [0.29, 0.717) is 12.1 Å². The molecule has 0 aromatic heterocycles. The van der Waals surface area contributed by atoms with Crippen LogP contribution in [0.3, 0.4) is 0 Å². The highest BCUT2D eigenvalue weighted by Crippen LogP contribution is 2.16. The zero-order valence-corrected chi connectivity index (χ0v) is 13.0. The molecule has 0 radical (unpaired) electrons. The van der Waals surface area contributed by atoms with Gasteiger partial charge in [0.2, 0.25) is 20.0 Å². The monoisotopic (exact) mass is 321 g/mol. The number of benzene rings is 1. The van der Waals surface area contributed by atoms with Gasteiger partial charge in [-0.05, 0) is 24.1 Å². The van der Waals surface area contributed by atoms with Crippen LogP contribution in [-0.2, 0) is 26.6 Å². The molecule has 0 unspecified atom stereocenters. The Morgan fingerprint density at radius 3 is 2.20 bits per heavy atom. The third-order valence-corrected chi connectivity index (χ3v) is 4.90. The first-order valence-corrected chi connectivity index (χ1v) is 9.27. The fourth-order valence-electron chi connectivity index (χ4n) is 1.64. The summed E-state index contributed by atoms with van der Waals surface area (Å²) < 4.78 is 50.4. The molecule has 0 saturated heterocycles. The lowest BCUT2D eigenvalue weighted by Crippen LogP contribution is -2.34. The van der Waals surface area contributed by atoms with E-state index in [0.717, 1.165) is 11.8 Å². The third kappa shape index (κ3) is 5.17. The number of nitrogens with two attached hydrogens (primary N) is 1. The van der Waals surface area contributed by atoms with Gasteiger partial charge in [-0.15, -0.1) is 0 Å². The van der Waals surface area contributed by atoms with Crippen LogP contribution in [-0.4, -0.2) is 36.2 Å². The van der Waals surface area contributed by atoms with Crippen molar-refractivity contribution in [2.24, 2.45) is 5.73 Å². The van der Waals surface area contributed by atoms with Gasteiger partial charge >= 0.3 is 0 Å². The van der Waals surface area contributed by atoms with Gasteiger partial charge in [0.25, 0.3) is 0 Å². The SMILES string of the molecule is Cc1cc(CN)ccc1S(=O)(=O)NCCNS(C)(=O)=O. The Labute approximate surface area is 119 Å². The summed E-state index contributed by atoms with van der Waals surface area (Å²) in [5.74, 6) is 0. The lowest BCUT2D eigenvalue weighted by Gasteiger charge is -2.10. The van der Waals surface area contributed by atoms with Gasteiger partial charge in [0.15, 0.2) is 0 Å². The molecule has 0 amide bonds. The van der Waals surface area contributed by atoms with Crippen molar-refractivity contribution in [1.29, 1.82) is 0 Å². The van der Waals surface area contributed by atoms with Gasteiger partial charge in [-0.1, -0.05) is 12.1 Å². The van der Waals surface area contributed by atoms with Gasteiger partial charge in [-0.25, -0.2) is 26.3 Å². The highest BCUT2D eigenvalue weighted by Gasteiger charge is 2.16. The van der Waals surface area contributed by atoms with Gasteiger partial charge in [-0.2, -0.15) is 0 Å². The second kappa shape index (κ2) is 6.64. The van der Waals surface area contributed by atoms with Crippen molar-refractivity contribution in [2.75, 3.05) is 19.3 Å². The van der Waals surface area contributed by atoms with E-state index in [4.69, 9.17) is 5.73 Å². The Bertz CT molecular complexity index is 669. The van der Waals surface area contributed by atoms with E-state index in [1.165, 1.54) is 6.07 Å². The molecule has 0 aliphatic rings. The highest BCUT2D eigenvalue weighted by atomic mass is 32.2. The van der Waals surface area contributed by atoms with Crippen LogP contribution in [0.15, 0.2) is 23.1 Å². The third-order valence-electron chi connectivity index (χ3n) is 2.55. The average Bonchev–Trinajstić information content (AvgIpc) is 2.33. The molecular weight excluding hydrogens is 302 g/mol. The fraction of sp³-hybridized carbons (Fsp3) is 0.455. The minimum atomic E-state index is -3.66. The Morgan fingerprint density at radius 1 is 1.10 bits per heavy atom. The molecule has 7 nitrogen and oxygen atoms in total. The van der Waals surface area contributed by atoms with Gasteiger partial charge in [-0.3, -0.25) is 0 Å². The van der Waals surface area contributed by atoms with Crippen LogP contribution in [0, 0.1) is 6.92 Å². The van der Waals surface area contributed by atoms with Crippen molar-refractivity contribution in [2.45, 2.75) is 18.4 Å². The maximum atomic E-state index is 12.1. The van der Waals surface area contributed by atoms with Crippen molar-refractivity contribution in [1.82, 2.24) is 9.44 Å². The standard InChI is InChI=1S/C11H19N3O4S2/c1-9-7-10(8-12)3-4-11(9)20(17,18)14-6-5-13-19(2,15)16/h3-4,7,13-14H,5-6,8,12H2,1-2H3. The van der Waals surface area contributed by atoms with Crippen LogP contribution >= 0.6 is 0 Å². The van der Waals surface area contributed by atoms with Crippen LogP contribution in [0.4, 0.5) is 0 Å². The van der Waals surface area contributed by atoms with Crippen LogP contribution in [0.2, 0.25) is 0 Å².